The third-order valence-electron chi connectivity index (χ3n) is 2.68. The van der Waals surface area contributed by atoms with Crippen molar-refractivity contribution in [1.82, 2.24) is 4.98 Å². The summed E-state index contributed by atoms with van der Waals surface area (Å²) in [7, 11) is 1.35. The average molecular weight is 292 g/mol. The zero-order chi connectivity index (χ0) is 14.4. The van der Waals surface area contributed by atoms with Gasteiger partial charge in [-0.15, -0.1) is 11.6 Å². The van der Waals surface area contributed by atoms with Gasteiger partial charge in [-0.2, -0.15) is 0 Å². The standard InChI is InChI=1S/C15H14ClNO3/c1-19-14(18)9-12-5-3-7-17-15(12)20-13-6-2-4-11(8-13)10-16/h2-8H,9-10H2,1H3. The monoisotopic (exact) mass is 291 g/mol. The van der Waals surface area contributed by atoms with Crippen LogP contribution in [0.2, 0.25) is 0 Å². The van der Waals surface area contributed by atoms with Crippen molar-refractivity contribution in [2.75, 3.05) is 7.11 Å². The number of methoxy groups -OCH3 is 1. The first kappa shape index (κ1) is 14.3. The highest BCUT2D eigenvalue weighted by molar-refractivity contribution is 6.17. The van der Waals surface area contributed by atoms with Crippen molar-refractivity contribution in [3.8, 4) is 11.6 Å². The van der Waals surface area contributed by atoms with Gasteiger partial charge in [-0.1, -0.05) is 18.2 Å². The van der Waals surface area contributed by atoms with Crippen molar-refractivity contribution in [2.45, 2.75) is 12.3 Å². The summed E-state index contributed by atoms with van der Waals surface area (Å²) in [6, 6.07) is 10.9. The maximum absolute atomic E-state index is 11.4. The van der Waals surface area contributed by atoms with Gasteiger partial charge >= 0.3 is 5.97 Å². The van der Waals surface area contributed by atoms with Crippen molar-refractivity contribution in [3.05, 3.63) is 53.7 Å². The van der Waals surface area contributed by atoms with Crippen LogP contribution < -0.4 is 4.74 Å². The molecule has 104 valence electrons. The van der Waals surface area contributed by atoms with E-state index in [2.05, 4.69) is 9.72 Å². The maximum Gasteiger partial charge on any atom is 0.310 e. The predicted molar refractivity (Wildman–Crippen MR) is 76.0 cm³/mol. The molecular formula is C15H14ClNO3. The van der Waals surface area contributed by atoms with Gasteiger partial charge < -0.3 is 9.47 Å². The maximum atomic E-state index is 11.4. The molecule has 0 unspecified atom stereocenters. The first-order valence-corrected chi connectivity index (χ1v) is 6.60. The summed E-state index contributed by atoms with van der Waals surface area (Å²) < 4.78 is 10.4. The minimum Gasteiger partial charge on any atom is -0.469 e. The minimum absolute atomic E-state index is 0.120. The fourth-order valence-electron chi connectivity index (χ4n) is 1.68. The Morgan fingerprint density at radius 2 is 2.15 bits per heavy atom. The van der Waals surface area contributed by atoms with Crippen LogP contribution in [0.25, 0.3) is 0 Å². The molecule has 0 saturated heterocycles. The number of alkyl halides is 1. The lowest BCUT2D eigenvalue weighted by molar-refractivity contribution is -0.139. The van der Waals surface area contributed by atoms with E-state index in [0.29, 0.717) is 23.1 Å². The summed E-state index contributed by atoms with van der Waals surface area (Å²) in [6.07, 6.45) is 1.73. The van der Waals surface area contributed by atoms with E-state index in [-0.39, 0.29) is 12.4 Å². The molecule has 0 aliphatic heterocycles. The molecule has 0 aliphatic carbocycles. The Morgan fingerprint density at radius 3 is 2.90 bits per heavy atom. The topological polar surface area (TPSA) is 48.4 Å². The lowest BCUT2D eigenvalue weighted by Gasteiger charge is -2.09. The van der Waals surface area contributed by atoms with Crippen LogP contribution in [0.3, 0.4) is 0 Å². The highest BCUT2D eigenvalue weighted by Gasteiger charge is 2.11. The molecular weight excluding hydrogens is 278 g/mol. The van der Waals surface area contributed by atoms with E-state index in [9.17, 15) is 4.79 Å². The van der Waals surface area contributed by atoms with Crippen molar-refractivity contribution in [3.63, 3.8) is 0 Å². The van der Waals surface area contributed by atoms with Crippen LogP contribution in [0, 0.1) is 0 Å². The summed E-state index contributed by atoms with van der Waals surface area (Å²) >= 11 is 5.79. The summed E-state index contributed by atoms with van der Waals surface area (Å²) in [5, 5.41) is 0. The van der Waals surface area contributed by atoms with Crippen LogP contribution in [0.5, 0.6) is 11.6 Å². The molecule has 2 rings (SSSR count). The number of aromatic nitrogens is 1. The van der Waals surface area contributed by atoms with Gasteiger partial charge in [-0.05, 0) is 23.8 Å². The van der Waals surface area contributed by atoms with E-state index in [1.807, 2.05) is 24.3 Å². The van der Waals surface area contributed by atoms with Crippen LogP contribution >= 0.6 is 11.6 Å². The highest BCUT2D eigenvalue weighted by Crippen LogP contribution is 2.24. The molecule has 0 N–H and O–H groups in total. The summed E-state index contributed by atoms with van der Waals surface area (Å²) in [5.41, 5.74) is 1.63. The molecule has 0 amide bonds. The Balaban J connectivity index is 2.22. The van der Waals surface area contributed by atoms with E-state index >= 15 is 0 Å². The largest absolute Gasteiger partial charge is 0.469 e. The fourth-order valence-corrected chi connectivity index (χ4v) is 1.85. The number of carbonyl (C=O) groups is 1. The predicted octanol–water partition coefficient (Wildman–Crippen LogP) is 3.33. The Morgan fingerprint density at radius 1 is 1.30 bits per heavy atom. The number of nitrogens with zero attached hydrogens (tertiary/aromatic N) is 1. The molecule has 1 heterocycles. The zero-order valence-corrected chi connectivity index (χ0v) is 11.8. The van der Waals surface area contributed by atoms with Crippen LogP contribution in [0.1, 0.15) is 11.1 Å². The summed E-state index contributed by atoms with van der Waals surface area (Å²) in [5.74, 6) is 1.10. The molecule has 0 fully saturated rings. The fraction of sp³-hybridized carbons (Fsp3) is 0.200. The number of carbonyl (C=O) groups excluding carboxylic acids is 1. The van der Waals surface area contributed by atoms with Crippen LogP contribution in [-0.4, -0.2) is 18.1 Å². The smallest absolute Gasteiger partial charge is 0.310 e. The highest BCUT2D eigenvalue weighted by atomic mass is 35.5. The molecule has 1 aromatic heterocycles. The lowest BCUT2D eigenvalue weighted by atomic mass is 10.2. The Labute approximate surface area is 122 Å². The second kappa shape index (κ2) is 6.91. The van der Waals surface area contributed by atoms with Crippen LogP contribution in [0.15, 0.2) is 42.6 Å². The van der Waals surface area contributed by atoms with E-state index in [1.54, 1.807) is 18.3 Å². The number of rotatable bonds is 5. The van der Waals surface area contributed by atoms with Crippen molar-refractivity contribution in [2.24, 2.45) is 0 Å². The quantitative estimate of drug-likeness (QED) is 0.626. The number of hydrogen-bond donors (Lipinski definition) is 0. The number of benzene rings is 1. The minimum atomic E-state index is -0.336. The molecule has 0 atom stereocenters. The Hall–Kier alpha value is -2.07. The van der Waals surface area contributed by atoms with Gasteiger partial charge in [-0.3, -0.25) is 4.79 Å². The Kier molecular flexibility index (Phi) is 4.96. The zero-order valence-electron chi connectivity index (χ0n) is 11.0. The number of hydrogen-bond acceptors (Lipinski definition) is 4. The van der Waals surface area contributed by atoms with Gasteiger partial charge in [0.1, 0.15) is 5.75 Å². The summed E-state index contributed by atoms with van der Waals surface area (Å²) in [4.78, 5) is 15.5. The average Bonchev–Trinajstić information content (AvgIpc) is 2.49. The number of halogens is 1. The number of ether oxygens (including phenoxy) is 2. The number of pyridine rings is 1. The van der Waals surface area contributed by atoms with Crippen LogP contribution in [0.4, 0.5) is 0 Å². The molecule has 0 bridgehead atoms. The first-order chi connectivity index (χ1) is 9.72. The van der Waals surface area contributed by atoms with Crippen molar-refractivity contribution >= 4 is 17.6 Å². The van der Waals surface area contributed by atoms with E-state index in [4.69, 9.17) is 16.3 Å². The SMILES string of the molecule is COC(=O)Cc1cccnc1Oc1cccc(CCl)c1. The molecule has 1 aromatic carbocycles. The van der Waals surface area contributed by atoms with Crippen molar-refractivity contribution < 1.29 is 14.3 Å². The molecule has 0 spiro atoms. The molecule has 2 aromatic rings. The van der Waals surface area contributed by atoms with Gasteiger partial charge in [0, 0.05) is 17.6 Å². The second-order valence-corrected chi connectivity index (χ2v) is 4.37. The normalized spacial score (nSPS) is 10.1. The van der Waals surface area contributed by atoms with E-state index in [1.165, 1.54) is 7.11 Å². The van der Waals surface area contributed by atoms with Gasteiger partial charge in [0.15, 0.2) is 0 Å². The number of esters is 1. The molecule has 5 heteroatoms. The van der Waals surface area contributed by atoms with Crippen LogP contribution in [-0.2, 0) is 21.8 Å². The molecule has 0 saturated carbocycles. The molecule has 4 nitrogen and oxygen atoms in total. The third-order valence-corrected chi connectivity index (χ3v) is 2.99. The summed E-state index contributed by atoms with van der Waals surface area (Å²) in [6.45, 7) is 0. The van der Waals surface area contributed by atoms with Gasteiger partial charge in [0.2, 0.25) is 5.88 Å². The van der Waals surface area contributed by atoms with Gasteiger partial charge in [0.05, 0.1) is 13.5 Å². The third kappa shape index (κ3) is 3.71. The van der Waals surface area contributed by atoms with Gasteiger partial charge in [-0.25, -0.2) is 4.98 Å². The molecule has 0 aliphatic rings. The van der Waals surface area contributed by atoms with E-state index < -0.39 is 0 Å². The molecule has 0 radical (unpaired) electrons. The molecule has 20 heavy (non-hydrogen) atoms. The van der Waals surface area contributed by atoms with Crippen molar-refractivity contribution in [1.29, 1.82) is 0 Å². The first-order valence-electron chi connectivity index (χ1n) is 6.06. The Bertz CT molecular complexity index is 601. The van der Waals surface area contributed by atoms with Gasteiger partial charge in [0.25, 0.3) is 0 Å². The lowest BCUT2D eigenvalue weighted by Crippen LogP contribution is -2.06. The second-order valence-electron chi connectivity index (χ2n) is 4.10. The van der Waals surface area contributed by atoms with E-state index in [0.717, 1.165) is 5.56 Å².